The molecule has 0 saturated carbocycles. The lowest BCUT2D eigenvalue weighted by Crippen LogP contribution is -2.43. The van der Waals surface area contributed by atoms with Crippen LogP contribution in [0.3, 0.4) is 0 Å². The van der Waals surface area contributed by atoms with Crippen LogP contribution in [-0.4, -0.2) is 51.7 Å². The number of carbonyl (C=O) groups is 2. The fraction of sp³-hybridized carbons (Fsp3) is 0.227. The average Bonchev–Trinajstić information content (AvgIpc) is 3.11. The van der Waals surface area contributed by atoms with Crippen LogP contribution in [0.4, 0.5) is 8.78 Å². The van der Waals surface area contributed by atoms with Gasteiger partial charge in [0.2, 0.25) is 11.5 Å². The third-order valence-corrected chi connectivity index (χ3v) is 5.25. The zero-order chi connectivity index (χ0) is 22.9. The van der Waals surface area contributed by atoms with Crippen molar-refractivity contribution in [1.82, 2.24) is 20.2 Å². The lowest BCUT2D eigenvalue weighted by Gasteiger charge is -2.19. The maximum absolute atomic E-state index is 13.6. The molecule has 1 saturated heterocycles. The highest BCUT2D eigenvalue weighted by Gasteiger charge is 2.47. The van der Waals surface area contributed by atoms with E-state index < -0.39 is 48.8 Å². The molecule has 162 valence electrons. The number of alkyl halides is 2. The number of benzene rings is 1. The second kappa shape index (κ2) is 8.19. The Hall–Kier alpha value is -4.13. The van der Waals surface area contributed by atoms with E-state index in [-0.39, 0.29) is 5.56 Å². The van der Waals surface area contributed by atoms with Gasteiger partial charge in [-0.05, 0) is 17.7 Å². The zero-order valence-corrected chi connectivity index (χ0v) is 16.6. The number of hydrogen-bond acceptors (Lipinski definition) is 5. The largest absolute Gasteiger partial charge is 0.343 e. The minimum atomic E-state index is -3.14. The number of likely N-dealkylation sites (tertiary alicyclic amines) is 1. The number of carbonyl (C=O) groups excluding carboxylic acids is 2. The molecule has 8 nitrogen and oxygen atoms in total. The summed E-state index contributed by atoms with van der Waals surface area (Å²) >= 11 is 0. The first-order valence-electron chi connectivity index (χ1n) is 9.71. The summed E-state index contributed by atoms with van der Waals surface area (Å²) in [5.41, 5.74) is 1.27. The number of rotatable bonds is 4. The SMILES string of the molecule is N#CC1CC(F)(F)CN1C(=O)CNC(=O)c1c[nH]c(=O)cc1-c1ccnc2ccccc12. The third kappa shape index (κ3) is 4.05. The van der Waals surface area contributed by atoms with Gasteiger partial charge in [0.1, 0.15) is 6.04 Å². The van der Waals surface area contributed by atoms with Crippen molar-refractivity contribution in [1.29, 1.82) is 5.26 Å². The fourth-order valence-electron chi connectivity index (χ4n) is 3.76. The number of amides is 2. The molecular weight excluding hydrogens is 420 g/mol. The second-order valence-electron chi connectivity index (χ2n) is 7.41. The summed E-state index contributed by atoms with van der Waals surface area (Å²) in [5.74, 6) is -4.61. The Bertz CT molecular complexity index is 1310. The highest BCUT2D eigenvalue weighted by atomic mass is 19.3. The van der Waals surface area contributed by atoms with Gasteiger partial charge in [-0.2, -0.15) is 5.26 Å². The molecule has 2 amide bonds. The molecule has 0 radical (unpaired) electrons. The van der Waals surface area contributed by atoms with Crippen LogP contribution in [0.5, 0.6) is 0 Å². The number of pyridine rings is 2. The van der Waals surface area contributed by atoms with Gasteiger partial charge in [-0.1, -0.05) is 18.2 Å². The van der Waals surface area contributed by atoms with Crippen molar-refractivity contribution in [2.45, 2.75) is 18.4 Å². The number of para-hydroxylation sites is 1. The molecule has 1 fully saturated rings. The normalized spacial score (nSPS) is 17.2. The maximum Gasteiger partial charge on any atom is 0.268 e. The van der Waals surface area contributed by atoms with Crippen molar-refractivity contribution < 1.29 is 18.4 Å². The number of halogens is 2. The summed E-state index contributed by atoms with van der Waals surface area (Å²) in [6, 6.07) is 10.6. The van der Waals surface area contributed by atoms with Crippen molar-refractivity contribution in [2.75, 3.05) is 13.1 Å². The number of aromatic amines is 1. The van der Waals surface area contributed by atoms with E-state index >= 15 is 0 Å². The summed E-state index contributed by atoms with van der Waals surface area (Å²) in [7, 11) is 0. The Labute approximate surface area is 180 Å². The van der Waals surface area contributed by atoms with Gasteiger partial charge in [-0.3, -0.25) is 19.4 Å². The van der Waals surface area contributed by atoms with Gasteiger partial charge in [0.15, 0.2) is 0 Å². The number of nitriles is 1. The monoisotopic (exact) mass is 437 g/mol. The first-order valence-corrected chi connectivity index (χ1v) is 9.71. The quantitative estimate of drug-likeness (QED) is 0.648. The number of hydrogen-bond donors (Lipinski definition) is 2. The van der Waals surface area contributed by atoms with Crippen molar-refractivity contribution >= 4 is 22.7 Å². The molecule has 32 heavy (non-hydrogen) atoms. The molecule has 0 bridgehead atoms. The van der Waals surface area contributed by atoms with Crippen LogP contribution >= 0.6 is 0 Å². The van der Waals surface area contributed by atoms with Gasteiger partial charge < -0.3 is 15.2 Å². The fourth-order valence-corrected chi connectivity index (χ4v) is 3.76. The average molecular weight is 437 g/mol. The Morgan fingerprint density at radius 1 is 1.28 bits per heavy atom. The number of H-pyrrole nitrogens is 1. The van der Waals surface area contributed by atoms with Gasteiger partial charge in [0.05, 0.1) is 30.2 Å². The van der Waals surface area contributed by atoms with Crippen molar-refractivity contribution in [3.05, 3.63) is 64.7 Å². The van der Waals surface area contributed by atoms with Crippen LogP contribution in [0.2, 0.25) is 0 Å². The number of fused-ring (bicyclic) bond motifs is 1. The molecule has 3 heterocycles. The molecule has 3 aromatic rings. The van der Waals surface area contributed by atoms with Crippen molar-refractivity contribution in [3.8, 4) is 17.2 Å². The predicted molar refractivity (Wildman–Crippen MR) is 111 cm³/mol. The first-order chi connectivity index (χ1) is 15.3. The first kappa shape index (κ1) is 21.1. The minimum absolute atomic E-state index is 0.0948. The van der Waals surface area contributed by atoms with Crippen LogP contribution in [0.15, 0.2) is 53.6 Å². The Kier molecular flexibility index (Phi) is 5.40. The van der Waals surface area contributed by atoms with Crippen LogP contribution < -0.4 is 10.9 Å². The Morgan fingerprint density at radius 2 is 2.06 bits per heavy atom. The molecule has 1 aliphatic heterocycles. The van der Waals surface area contributed by atoms with Crippen LogP contribution in [0.25, 0.3) is 22.0 Å². The molecule has 2 aromatic heterocycles. The van der Waals surface area contributed by atoms with Crippen molar-refractivity contribution in [3.63, 3.8) is 0 Å². The van der Waals surface area contributed by atoms with Gasteiger partial charge in [-0.15, -0.1) is 0 Å². The molecule has 1 aliphatic rings. The van der Waals surface area contributed by atoms with E-state index in [0.29, 0.717) is 16.6 Å². The molecule has 10 heteroatoms. The summed E-state index contributed by atoms with van der Waals surface area (Å²) in [6.45, 7) is -1.43. The van der Waals surface area contributed by atoms with Gasteiger partial charge in [0.25, 0.3) is 11.8 Å². The van der Waals surface area contributed by atoms with Gasteiger partial charge >= 0.3 is 0 Å². The third-order valence-electron chi connectivity index (χ3n) is 5.25. The summed E-state index contributed by atoms with van der Waals surface area (Å²) < 4.78 is 27.2. The molecular formula is C22H17F2N5O3. The van der Waals surface area contributed by atoms with Crippen LogP contribution in [-0.2, 0) is 4.79 Å². The van der Waals surface area contributed by atoms with E-state index in [4.69, 9.17) is 5.26 Å². The van der Waals surface area contributed by atoms with Gasteiger partial charge in [0, 0.05) is 35.8 Å². The van der Waals surface area contributed by atoms with Crippen LogP contribution in [0.1, 0.15) is 16.8 Å². The highest BCUT2D eigenvalue weighted by Crippen LogP contribution is 2.32. The molecule has 1 unspecified atom stereocenters. The zero-order valence-electron chi connectivity index (χ0n) is 16.6. The lowest BCUT2D eigenvalue weighted by molar-refractivity contribution is -0.131. The molecule has 0 aliphatic carbocycles. The molecule has 4 rings (SSSR count). The number of nitrogens with one attached hydrogen (secondary N) is 2. The summed E-state index contributed by atoms with van der Waals surface area (Å²) in [5, 5.41) is 12.2. The lowest BCUT2D eigenvalue weighted by atomic mass is 9.98. The molecule has 1 atom stereocenters. The standard InChI is InChI=1S/C22H17F2N5O3/c23-22(24)8-13(9-25)29(12-22)20(31)11-28-21(32)17-10-27-19(30)7-16(17)14-5-6-26-18-4-2-1-3-15(14)18/h1-7,10,13H,8,11-12H2,(H,27,30)(H,28,32). The van der Waals surface area contributed by atoms with E-state index in [1.807, 2.05) is 6.07 Å². The maximum atomic E-state index is 13.6. The van der Waals surface area contributed by atoms with Crippen LogP contribution in [0, 0.1) is 11.3 Å². The van der Waals surface area contributed by atoms with E-state index in [9.17, 15) is 23.2 Å². The molecule has 1 aromatic carbocycles. The van der Waals surface area contributed by atoms with E-state index in [1.165, 1.54) is 12.3 Å². The van der Waals surface area contributed by atoms with E-state index in [2.05, 4.69) is 15.3 Å². The Morgan fingerprint density at radius 3 is 2.84 bits per heavy atom. The predicted octanol–water partition coefficient (Wildman–Crippen LogP) is 2.08. The molecule has 2 N–H and O–H groups in total. The smallest absolute Gasteiger partial charge is 0.268 e. The number of aromatic nitrogens is 2. The second-order valence-corrected chi connectivity index (χ2v) is 7.41. The summed E-state index contributed by atoms with van der Waals surface area (Å²) in [6.07, 6.45) is 2.05. The topological polar surface area (TPSA) is 119 Å². The highest BCUT2D eigenvalue weighted by molar-refractivity contribution is 6.05. The van der Waals surface area contributed by atoms with E-state index in [1.54, 1.807) is 36.5 Å². The number of nitrogens with zero attached hydrogens (tertiary/aromatic N) is 3. The minimum Gasteiger partial charge on any atom is -0.343 e. The van der Waals surface area contributed by atoms with Crippen molar-refractivity contribution in [2.24, 2.45) is 0 Å². The van der Waals surface area contributed by atoms with Gasteiger partial charge in [-0.25, -0.2) is 8.78 Å². The summed E-state index contributed by atoms with van der Waals surface area (Å²) in [4.78, 5) is 44.7. The molecule has 0 spiro atoms. The Balaban J connectivity index is 1.60. The van der Waals surface area contributed by atoms with E-state index in [0.717, 1.165) is 10.3 Å².